The lowest BCUT2D eigenvalue weighted by atomic mass is 10.1. The van der Waals surface area contributed by atoms with Crippen LogP contribution in [0, 0.1) is 0 Å². The van der Waals surface area contributed by atoms with Crippen LogP contribution in [-0.4, -0.2) is 56.1 Å². The fourth-order valence-corrected chi connectivity index (χ4v) is 4.32. The van der Waals surface area contributed by atoms with Crippen molar-refractivity contribution < 1.29 is 13.2 Å². The van der Waals surface area contributed by atoms with Gasteiger partial charge in [0, 0.05) is 42.4 Å². The predicted octanol–water partition coefficient (Wildman–Crippen LogP) is 4.66. The minimum absolute atomic E-state index is 0.0118. The number of nitrogens with two attached hydrogens (primary N) is 1. The molecule has 34 heavy (non-hydrogen) atoms. The third-order valence-electron chi connectivity index (χ3n) is 5.46. The average Bonchev–Trinajstić information content (AvgIpc) is 3.29. The maximum atomic E-state index is 13.3. The third-order valence-corrected chi connectivity index (χ3v) is 5.68. The van der Waals surface area contributed by atoms with Gasteiger partial charge in [0.05, 0.1) is 17.8 Å². The lowest BCUT2D eigenvalue weighted by molar-refractivity contribution is -0.137. The number of nitrogens with zero attached hydrogens (tertiary/aromatic N) is 5. The highest BCUT2D eigenvalue weighted by molar-refractivity contribution is 6.31. The van der Waals surface area contributed by atoms with Crippen molar-refractivity contribution in [3.05, 3.63) is 35.0 Å². The van der Waals surface area contributed by atoms with E-state index >= 15 is 0 Å². The van der Waals surface area contributed by atoms with E-state index in [0.29, 0.717) is 29.6 Å². The molecule has 0 bridgehead atoms. The number of fused-ring (bicyclic) bond motifs is 1. The number of hydrogen-bond acceptors (Lipinski definition) is 7. The molecule has 4 N–H and O–H groups in total. The normalized spacial score (nSPS) is 17.5. The van der Waals surface area contributed by atoms with Crippen LogP contribution in [0.2, 0.25) is 5.02 Å². The summed E-state index contributed by atoms with van der Waals surface area (Å²) >= 11 is 5.99. The SMILES string of the molecule is CC(C)(C)Nc1ncc2nc(Nc3cc(Cl)cc(C(F)(F)F)c3)n(C3CCN(CCN)C3)c2n1. The molecule has 1 saturated heterocycles. The second-order valence-electron chi connectivity index (χ2n) is 9.47. The molecule has 0 spiro atoms. The van der Waals surface area contributed by atoms with Crippen LogP contribution in [0.25, 0.3) is 11.2 Å². The molecular weight excluding hydrogens is 469 g/mol. The number of nitrogens with one attached hydrogen (secondary N) is 2. The van der Waals surface area contributed by atoms with Gasteiger partial charge in [0.2, 0.25) is 11.9 Å². The summed E-state index contributed by atoms with van der Waals surface area (Å²) in [7, 11) is 0. The van der Waals surface area contributed by atoms with Crippen molar-refractivity contribution in [2.75, 3.05) is 36.8 Å². The Morgan fingerprint density at radius 3 is 2.62 bits per heavy atom. The van der Waals surface area contributed by atoms with Gasteiger partial charge in [-0.2, -0.15) is 18.2 Å². The summed E-state index contributed by atoms with van der Waals surface area (Å²) in [6.07, 6.45) is -2.08. The lowest BCUT2D eigenvalue weighted by Gasteiger charge is -2.21. The minimum Gasteiger partial charge on any atom is -0.350 e. The molecule has 1 aromatic carbocycles. The Hall–Kier alpha value is -2.63. The maximum absolute atomic E-state index is 13.3. The number of benzene rings is 1. The number of alkyl halides is 3. The molecule has 1 aliphatic heterocycles. The van der Waals surface area contributed by atoms with Gasteiger partial charge in [-0.3, -0.25) is 9.47 Å². The summed E-state index contributed by atoms with van der Waals surface area (Å²) in [5, 5.41) is 6.28. The van der Waals surface area contributed by atoms with Gasteiger partial charge in [-0.15, -0.1) is 0 Å². The van der Waals surface area contributed by atoms with E-state index in [0.717, 1.165) is 38.2 Å². The van der Waals surface area contributed by atoms with Crippen LogP contribution < -0.4 is 16.4 Å². The molecule has 3 aromatic rings. The largest absolute Gasteiger partial charge is 0.416 e. The number of rotatable bonds is 6. The van der Waals surface area contributed by atoms with Gasteiger partial charge in [0.25, 0.3) is 0 Å². The first kappa shape index (κ1) is 24.5. The number of imidazole rings is 1. The second kappa shape index (κ2) is 9.20. The molecule has 4 rings (SSSR count). The molecule has 184 valence electrons. The number of halogens is 4. The van der Waals surface area contributed by atoms with E-state index in [4.69, 9.17) is 22.3 Å². The summed E-state index contributed by atoms with van der Waals surface area (Å²) < 4.78 is 41.9. The van der Waals surface area contributed by atoms with Gasteiger partial charge in [-0.1, -0.05) is 11.6 Å². The number of aromatic nitrogens is 4. The van der Waals surface area contributed by atoms with Crippen LogP contribution in [0.4, 0.5) is 30.8 Å². The minimum atomic E-state index is -4.52. The van der Waals surface area contributed by atoms with Gasteiger partial charge in [0.1, 0.15) is 5.52 Å². The summed E-state index contributed by atoms with van der Waals surface area (Å²) in [5.41, 5.74) is 5.97. The van der Waals surface area contributed by atoms with Crippen molar-refractivity contribution in [1.29, 1.82) is 0 Å². The van der Waals surface area contributed by atoms with Crippen LogP contribution in [0.5, 0.6) is 0 Å². The molecule has 0 saturated carbocycles. The third kappa shape index (κ3) is 5.53. The molecule has 0 aliphatic carbocycles. The van der Waals surface area contributed by atoms with Crippen LogP contribution in [0.3, 0.4) is 0 Å². The zero-order valence-corrected chi connectivity index (χ0v) is 20.0. The van der Waals surface area contributed by atoms with Crippen molar-refractivity contribution in [3.63, 3.8) is 0 Å². The lowest BCUT2D eigenvalue weighted by Crippen LogP contribution is -2.28. The van der Waals surface area contributed by atoms with Gasteiger partial charge in [-0.05, 0) is 45.4 Å². The van der Waals surface area contributed by atoms with Crippen molar-refractivity contribution in [2.24, 2.45) is 5.73 Å². The molecule has 12 heteroatoms. The maximum Gasteiger partial charge on any atom is 0.416 e. The van der Waals surface area contributed by atoms with Crippen LogP contribution in [-0.2, 0) is 6.18 Å². The van der Waals surface area contributed by atoms with Crippen LogP contribution in [0.15, 0.2) is 24.4 Å². The molecule has 1 fully saturated rings. The molecule has 3 heterocycles. The van der Waals surface area contributed by atoms with Crippen molar-refractivity contribution in [1.82, 2.24) is 24.4 Å². The van der Waals surface area contributed by atoms with Crippen molar-refractivity contribution >= 4 is 40.3 Å². The Bertz CT molecular complexity index is 1170. The molecule has 0 radical (unpaired) electrons. The zero-order chi connectivity index (χ0) is 24.7. The summed E-state index contributed by atoms with van der Waals surface area (Å²) in [6.45, 7) is 8.91. The van der Waals surface area contributed by atoms with Crippen molar-refractivity contribution in [3.8, 4) is 0 Å². The quantitative estimate of drug-likeness (QED) is 0.456. The Morgan fingerprint density at radius 1 is 1.18 bits per heavy atom. The van der Waals surface area contributed by atoms with Crippen molar-refractivity contribution in [2.45, 2.75) is 44.9 Å². The van der Waals surface area contributed by atoms with Crippen LogP contribution in [0.1, 0.15) is 38.8 Å². The van der Waals surface area contributed by atoms with Gasteiger partial charge in [0.15, 0.2) is 5.65 Å². The highest BCUT2D eigenvalue weighted by atomic mass is 35.5. The van der Waals surface area contributed by atoms with Gasteiger partial charge < -0.3 is 16.4 Å². The molecule has 1 atom stereocenters. The monoisotopic (exact) mass is 496 g/mol. The highest BCUT2D eigenvalue weighted by Gasteiger charge is 2.32. The molecule has 8 nitrogen and oxygen atoms in total. The first-order valence-corrected chi connectivity index (χ1v) is 11.4. The van der Waals surface area contributed by atoms with E-state index in [-0.39, 0.29) is 22.3 Å². The summed E-state index contributed by atoms with van der Waals surface area (Å²) in [5.74, 6) is 0.832. The van der Waals surface area contributed by atoms with E-state index in [2.05, 4.69) is 25.5 Å². The average molecular weight is 497 g/mol. The van der Waals surface area contributed by atoms with E-state index in [1.165, 1.54) is 6.07 Å². The first-order valence-electron chi connectivity index (χ1n) is 11.0. The topological polar surface area (TPSA) is 96.9 Å². The van der Waals surface area contributed by atoms with Gasteiger partial charge >= 0.3 is 6.18 Å². The Balaban J connectivity index is 1.77. The number of anilines is 3. The molecule has 1 aliphatic rings. The fraction of sp³-hybridized carbons (Fsp3) is 0.500. The Kier molecular flexibility index (Phi) is 6.63. The fourth-order valence-electron chi connectivity index (χ4n) is 4.08. The van der Waals surface area contributed by atoms with E-state index in [1.54, 1.807) is 6.20 Å². The van der Waals surface area contributed by atoms with E-state index in [9.17, 15) is 13.2 Å². The Morgan fingerprint density at radius 2 is 1.94 bits per heavy atom. The number of hydrogen-bond donors (Lipinski definition) is 3. The van der Waals surface area contributed by atoms with E-state index < -0.39 is 11.7 Å². The molecule has 2 aromatic heterocycles. The summed E-state index contributed by atoms with van der Waals surface area (Å²) in [6, 6.07) is 3.36. The highest BCUT2D eigenvalue weighted by Crippen LogP contribution is 2.36. The smallest absolute Gasteiger partial charge is 0.350 e. The Labute approximate surface area is 200 Å². The first-order chi connectivity index (χ1) is 15.9. The zero-order valence-electron chi connectivity index (χ0n) is 19.2. The second-order valence-corrected chi connectivity index (χ2v) is 9.90. The molecular formula is C22H28ClF3N8. The summed E-state index contributed by atoms with van der Waals surface area (Å²) in [4.78, 5) is 15.9. The van der Waals surface area contributed by atoms with Crippen LogP contribution >= 0.6 is 11.6 Å². The van der Waals surface area contributed by atoms with E-state index in [1.807, 2.05) is 25.3 Å². The molecule has 1 unspecified atom stereocenters. The standard InChI is InChI=1S/C22H28ClF3N8/c1-21(2,3)32-19-28-11-17-18(31-19)34(16-4-6-33(12-16)7-5-27)20(30-17)29-15-9-13(22(24,25)26)8-14(23)10-15/h8-11,16H,4-7,12,27H2,1-3H3,(H,29,30)(H,28,31,32). The predicted molar refractivity (Wildman–Crippen MR) is 128 cm³/mol. The van der Waals surface area contributed by atoms with Gasteiger partial charge in [-0.25, -0.2) is 9.97 Å². The number of likely N-dealkylation sites (tertiary alicyclic amines) is 1. The molecule has 0 amide bonds.